The van der Waals surface area contributed by atoms with Crippen LogP contribution in [0, 0.1) is 15.2 Å². The van der Waals surface area contributed by atoms with Gasteiger partial charge in [-0.3, -0.25) is 9.10 Å². The fraction of sp³-hybridized carbons (Fsp3) is 0.174. The number of rotatable bonds is 6. The van der Waals surface area contributed by atoms with E-state index in [1.165, 1.54) is 16.4 Å². The van der Waals surface area contributed by atoms with E-state index in [4.69, 9.17) is 10.5 Å². The molecule has 0 atom stereocenters. The Morgan fingerprint density at radius 2 is 1.88 bits per heavy atom. The number of nitrogens with zero attached hydrogens (tertiary/aromatic N) is 1. The first-order chi connectivity index (χ1) is 15.6. The van der Waals surface area contributed by atoms with Gasteiger partial charge in [0, 0.05) is 28.7 Å². The van der Waals surface area contributed by atoms with Crippen LogP contribution in [0.1, 0.15) is 27.9 Å². The maximum atomic E-state index is 14.5. The minimum atomic E-state index is -3.40. The summed E-state index contributed by atoms with van der Waals surface area (Å²) in [5, 5.41) is 0. The number of primary amides is 1. The number of hydrogen-bond donors (Lipinski definition) is 1. The predicted molar refractivity (Wildman–Crippen MR) is 129 cm³/mol. The average Bonchev–Trinajstić information content (AvgIpc) is 3.08. The maximum absolute atomic E-state index is 14.5. The lowest BCUT2D eigenvalue weighted by Crippen LogP contribution is -2.24. The second-order valence-corrected chi connectivity index (χ2v) is 10.8. The highest BCUT2D eigenvalue weighted by Gasteiger charge is 2.28. The van der Waals surface area contributed by atoms with Gasteiger partial charge in [0.1, 0.15) is 23.1 Å². The Kier molecular flexibility index (Phi) is 6.57. The number of carbonyl (C=O) groups is 1. The standard InChI is InChI=1S/C23H19F2IN2O4S/c24-16-10-15(9-14-5-6-17(26)12-20(14)25)22(23(27)29)21(11-16)32-19-4-1-3-18(13-19)28-7-2-8-33(28,30)31/h1,3-6,10-13H,2,7-9H2,(H2,27,29). The van der Waals surface area contributed by atoms with E-state index >= 15 is 0 Å². The summed E-state index contributed by atoms with van der Waals surface area (Å²) in [6, 6.07) is 13.0. The number of anilines is 1. The van der Waals surface area contributed by atoms with Crippen molar-refractivity contribution in [3.05, 3.63) is 86.5 Å². The molecule has 10 heteroatoms. The minimum Gasteiger partial charge on any atom is -0.456 e. The molecule has 1 fully saturated rings. The molecular weight excluding hydrogens is 565 g/mol. The molecule has 1 saturated heterocycles. The summed E-state index contributed by atoms with van der Waals surface area (Å²) in [6.45, 7) is 0.351. The molecule has 6 nitrogen and oxygen atoms in total. The van der Waals surface area contributed by atoms with Crippen LogP contribution in [0.5, 0.6) is 11.5 Å². The lowest BCUT2D eigenvalue weighted by Gasteiger charge is -2.18. The van der Waals surface area contributed by atoms with Crippen LogP contribution in [0.3, 0.4) is 0 Å². The van der Waals surface area contributed by atoms with Crippen molar-refractivity contribution in [3.8, 4) is 11.5 Å². The van der Waals surface area contributed by atoms with E-state index in [1.54, 1.807) is 30.3 Å². The highest BCUT2D eigenvalue weighted by Crippen LogP contribution is 2.33. The molecule has 3 aromatic rings. The van der Waals surface area contributed by atoms with E-state index < -0.39 is 27.6 Å². The topological polar surface area (TPSA) is 89.7 Å². The number of hydrogen-bond acceptors (Lipinski definition) is 4. The van der Waals surface area contributed by atoms with Crippen LogP contribution < -0.4 is 14.8 Å². The fourth-order valence-electron chi connectivity index (χ4n) is 3.76. The average molecular weight is 584 g/mol. The van der Waals surface area contributed by atoms with Gasteiger partial charge in [0.2, 0.25) is 10.0 Å². The van der Waals surface area contributed by atoms with E-state index in [0.717, 1.165) is 12.1 Å². The Bertz CT molecular complexity index is 1350. The van der Waals surface area contributed by atoms with Crippen LogP contribution in [0.4, 0.5) is 14.5 Å². The molecule has 2 N–H and O–H groups in total. The van der Waals surface area contributed by atoms with Crippen molar-refractivity contribution < 1.29 is 26.7 Å². The molecule has 0 aromatic heterocycles. The smallest absolute Gasteiger partial charge is 0.252 e. The van der Waals surface area contributed by atoms with Gasteiger partial charge in [0.05, 0.1) is 17.0 Å². The quantitative estimate of drug-likeness (QED) is 0.430. The Hall–Kier alpha value is -2.73. The first kappa shape index (κ1) is 23.4. The van der Waals surface area contributed by atoms with Gasteiger partial charge in [-0.15, -0.1) is 0 Å². The zero-order chi connectivity index (χ0) is 23.8. The Morgan fingerprint density at radius 1 is 1.09 bits per heavy atom. The first-order valence-electron chi connectivity index (χ1n) is 9.98. The Morgan fingerprint density at radius 3 is 2.55 bits per heavy atom. The second kappa shape index (κ2) is 9.26. The summed E-state index contributed by atoms with van der Waals surface area (Å²) in [7, 11) is -3.40. The Balaban J connectivity index is 1.71. The number of sulfonamides is 1. The van der Waals surface area contributed by atoms with Crippen LogP contribution in [0.25, 0.3) is 0 Å². The maximum Gasteiger partial charge on any atom is 0.252 e. The fourth-order valence-corrected chi connectivity index (χ4v) is 5.77. The third-order valence-electron chi connectivity index (χ3n) is 5.22. The largest absolute Gasteiger partial charge is 0.456 e. The van der Waals surface area contributed by atoms with Crippen LogP contribution >= 0.6 is 22.6 Å². The number of amides is 1. The number of ether oxygens (including phenoxy) is 1. The molecule has 33 heavy (non-hydrogen) atoms. The summed E-state index contributed by atoms with van der Waals surface area (Å²) in [5.74, 6) is -1.90. The molecule has 4 rings (SSSR count). The number of benzene rings is 3. The Labute approximate surface area is 203 Å². The molecule has 1 heterocycles. The zero-order valence-corrected chi connectivity index (χ0v) is 20.2. The number of carbonyl (C=O) groups excluding carboxylic acids is 1. The molecule has 0 bridgehead atoms. The molecule has 0 spiro atoms. The summed E-state index contributed by atoms with van der Waals surface area (Å²) >= 11 is 1.98. The predicted octanol–water partition coefficient (Wildman–Crippen LogP) is 4.59. The van der Waals surface area contributed by atoms with E-state index in [0.29, 0.717) is 22.2 Å². The van der Waals surface area contributed by atoms with Crippen molar-refractivity contribution in [2.75, 3.05) is 16.6 Å². The molecule has 172 valence electrons. The second-order valence-electron chi connectivity index (χ2n) is 7.56. The van der Waals surface area contributed by atoms with E-state index in [-0.39, 0.29) is 40.4 Å². The lowest BCUT2D eigenvalue weighted by atomic mass is 9.98. The van der Waals surface area contributed by atoms with Crippen molar-refractivity contribution >= 4 is 44.2 Å². The van der Waals surface area contributed by atoms with Gasteiger partial charge in [-0.05, 0) is 70.5 Å². The summed E-state index contributed by atoms with van der Waals surface area (Å²) in [5.41, 5.74) is 6.36. The third-order valence-corrected chi connectivity index (χ3v) is 7.76. The van der Waals surface area contributed by atoms with Crippen molar-refractivity contribution in [2.24, 2.45) is 5.73 Å². The molecule has 1 aliphatic rings. The van der Waals surface area contributed by atoms with Crippen molar-refractivity contribution in [1.82, 2.24) is 0 Å². The molecule has 0 aliphatic carbocycles. The third kappa shape index (κ3) is 5.11. The van der Waals surface area contributed by atoms with E-state index in [2.05, 4.69) is 0 Å². The molecular formula is C23H19F2IN2O4S. The van der Waals surface area contributed by atoms with Gasteiger partial charge < -0.3 is 10.5 Å². The van der Waals surface area contributed by atoms with Gasteiger partial charge in [-0.1, -0.05) is 12.1 Å². The molecule has 1 amide bonds. The van der Waals surface area contributed by atoms with Crippen molar-refractivity contribution in [2.45, 2.75) is 12.8 Å². The van der Waals surface area contributed by atoms with E-state index in [1.807, 2.05) is 22.6 Å². The van der Waals surface area contributed by atoms with Gasteiger partial charge in [-0.25, -0.2) is 17.2 Å². The molecule has 0 saturated carbocycles. The van der Waals surface area contributed by atoms with Gasteiger partial charge in [0.25, 0.3) is 5.91 Å². The zero-order valence-electron chi connectivity index (χ0n) is 17.2. The van der Waals surface area contributed by atoms with Gasteiger partial charge in [0.15, 0.2) is 0 Å². The molecule has 3 aromatic carbocycles. The number of halogens is 3. The summed E-state index contributed by atoms with van der Waals surface area (Å²) in [6.07, 6.45) is 0.447. The molecule has 1 aliphatic heterocycles. The van der Waals surface area contributed by atoms with Gasteiger partial charge >= 0.3 is 0 Å². The molecule has 0 unspecified atom stereocenters. The van der Waals surface area contributed by atoms with Crippen LogP contribution in [0.2, 0.25) is 0 Å². The summed E-state index contributed by atoms with van der Waals surface area (Å²) in [4.78, 5) is 12.3. The lowest BCUT2D eigenvalue weighted by molar-refractivity contribution is 0.0997. The number of nitrogens with two attached hydrogens (primary N) is 1. The van der Waals surface area contributed by atoms with Crippen molar-refractivity contribution in [3.63, 3.8) is 0 Å². The van der Waals surface area contributed by atoms with Crippen molar-refractivity contribution in [1.29, 1.82) is 0 Å². The molecule has 0 radical (unpaired) electrons. The van der Waals surface area contributed by atoms with Crippen LogP contribution in [-0.2, 0) is 16.4 Å². The minimum absolute atomic E-state index is 0.0618. The van der Waals surface area contributed by atoms with Crippen LogP contribution in [0.15, 0.2) is 54.6 Å². The normalized spacial score (nSPS) is 14.9. The monoisotopic (exact) mass is 584 g/mol. The van der Waals surface area contributed by atoms with Crippen LogP contribution in [-0.4, -0.2) is 26.6 Å². The van der Waals surface area contributed by atoms with E-state index in [9.17, 15) is 22.0 Å². The first-order valence-corrected chi connectivity index (χ1v) is 12.7. The van der Waals surface area contributed by atoms with Gasteiger partial charge in [-0.2, -0.15) is 0 Å². The highest BCUT2D eigenvalue weighted by molar-refractivity contribution is 14.1. The SMILES string of the molecule is NC(=O)c1c(Cc2ccc(I)cc2F)cc(F)cc1Oc1cccc(N2CCCS2(=O)=O)c1. The summed E-state index contributed by atoms with van der Waals surface area (Å²) < 4.78 is 61.1. The highest BCUT2D eigenvalue weighted by atomic mass is 127.